The van der Waals surface area contributed by atoms with Crippen LogP contribution < -0.4 is 0 Å². The van der Waals surface area contributed by atoms with Gasteiger partial charge in [-0.3, -0.25) is 0 Å². The van der Waals surface area contributed by atoms with Gasteiger partial charge in [-0.15, -0.1) is 0 Å². The molecule has 2 unspecified atom stereocenters. The third-order valence-electron chi connectivity index (χ3n) is 2.83. The molecule has 0 heteroatoms. The Balaban J connectivity index is 2.41. The molecule has 1 aliphatic carbocycles. The predicted octanol–water partition coefficient (Wildman–Crippen LogP) is 3.04. The van der Waals surface area contributed by atoms with E-state index in [0.29, 0.717) is 0 Å². The molecule has 1 rings (SSSR count). The largest absolute Gasteiger partial charge is 0.0620 e. The summed E-state index contributed by atoms with van der Waals surface area (Å²) in [6.07, 6.45) is 4.30. The van der Waals surface area contributed by atoms with E-state index in [4.69, 9.17) is 0 Å². The highest BCUT2D eigenvalue weighted by molar-refractivity contribution is 4.97. The van der Waals surface area contributed by atoms with Crippen molar-refractivity contribution >= 4 is 0 Å². The van der Waals surface area contributed by atoms with Crippen molar-refractivity contribution in [1.29, 1.82) is 0 Å². The molecule has 0 bridgehead atoms. The maximum Gasteiger partial charge on any atom is -0.0216 e. The summed E-state index contributed by atoms with van der Waals surface area (Å²) in [6.45, 7) is 7.02. The van der Waals surface area contributed by atoms with Crippen molar-refractivity contribution < 1.29 is 0 Å². The standard InChI is InChI=1S/C9H17/c1-7-5-4-6-8(2)9(7)3/h7-8H,4-6H2,1-3H3. The lowest BCUT2D eigenvalue weighted by Crippen LogP contribution is -2.19. The number of hydrogen-bond acceptors (Lipinski definition) is 0. The first-order chi connectivity index (χ1) is 4.22. The van der Waals surface area contributed by atoms with Crippen LogP contribution in [0.25, 0.3) is 0 Å². The van der Waals surface area contributed by atoms with E-state index in [0.717, 1.165) is 11.8 Å². The van der Waals surface area contributed by atoms with Crippen LogP contribution in [-0.2, 0) is 0 Å². The summed E-state index contributed by atoms with van der Waals surface area (Å²) in [5, 5.41) is 0. The van der Waals surface area contributed by atoms with E-state index in [1.807, 2.05) is 0 Å². The fourth-order valence-corrected chi connectivity index (χ4v) is 1.67. The first kappa shape index (κ1) is 7.11. The topological polar surface area (TPSA) is 0 Å². The summed E-state index contributed by atoms with van der Waals surface area (Å²) >= 11 is 0. The molecule has 1 fully saturated rings. The zero-order valence-corrected chi connectivity index (χ0v) is 6.78. The average Bonchev–Trinajstić information content (AvgIpc) is 1.83. The van der Waals surface area contributed by atoms with Crippen LogP contribution in [0.5, 0.6) is 0 Å². The third kappa shape index (κ3) is 1.47. The van der Waals surface area contributed by atoms with E-state index in [2.05, 4.69) is 20.8 Å². The van der Waals surface area contributed by atoms with E-state index in [1.165, 1.54) is 19.3 Å². The fraction of sp³-hybridized carbons (Fsp3) is 0.889. The Morgan fingerprint density at radius 2 is 1.56 bits per heavy atom. The van der Waals surface area contributed by atoms with Crippen LogP contribution in [-0.4, -0.2) is 0 Å². The van der Waals surface area contributed by atoms with E-state index < -0.39 is 0 Å². The molecule has 1 radical (unpaired) electrons. The van der Waals surface area contributed by atoms with Crippen molar-refractivity contribution in [2.45, 2.75) is 40.0 Å². The van der Waals surface area contributed by atoms with Gasteiger partial charge in [-0.05, 0) is 17.8 Å². The minimum Gasteiger partial charge on any atom is -0.0620 e. The average molecular weight is 125 g/mol. The summed E-state index contributed by atoms with van der Waals surface area (Å²) in [6, 6.07) is 0. The van der Waals surface area contributed by atoms with E-state index in [-0.39, 0.29) is 0 Å². The van der Waals surface area contributed by atoms with Gasteiger partial charge in [0.25, 0.3) is 0 Å². The zero-order valence-electron chi connectivity index (χ0n) is 6.78. The van der Waals surface area contributed by atoms with Gasteiger partial charge in [0.1, 0.15) is 0 Å². The van der Waals surface area contributed by atoms with Gasteiger partial charge < -0.3 is 0 Å². The number of rotatable bonds is 0. The minimum atomic E-state index is 0.897. The van der Waals surface area contributed by atoms with Crippen LogP contribution in [0.2, 0.25) is 0 Å². The van der Waals surface area contributed by atoms with Crippen LogP contribution in [0.3, 0.4) is 0 Å². The molecular weight excluding hydrogens is 108 g/mol. The van der Waals surface area contributed by atoms with E-state index >= 15 is 0 Å². The lowest BCUT2D eigenvalue weighted by molar-refractivity contribution is 0.343. The molecule has 0 N–H and O–H groups in total. The second-order valence-electron chi connectivity index (χ2n) is 3.48. The Kier molecular flexibility index (Phi) is 2.15. The third-order valence-corrected chi connectivity index (χ3v) is 2.83. The van der Waals surface area contributed by atoms with Gasteiger partial charge in [0, 0.05) is 0 Å². The first-order valence-corrected chi connectivity index (χ1v) is 4.05. The smallest absolute Gasteiger partial charge is 0.0216 e. The predicted molar refractivity (Wildman–Crippen MR) is 41.1 cm³/mol. The molecule has 0 aromatic rings. The van der Waals surface area contributed by atoms with Crippen molar-refractivity contribution in [3.8, 4) is 0 Å². The molecule has 0 spiro atoms. The highest BCUT2D eigenvalue weighted by Gasteiger charge is 2.23. The molecule has 0 amide bonds. The normalized spacial score (nSPS) is 39.0. The minimum absolute atomic E-state index is 0.897. The fourth-order valence-electron chi connectivity index (χ4n) is 1.67. The van der Waals surface area contributed by atoms with Gasteiger partial charge >= 0.3 is 0 Å². The van der Waals surface area contributed by atoms with Crippen molar-refractivity contribution in [2.24, 2.45) is 11.8 Å². The molecule has 1 saturated carbocycles. The summed E-state index contributed by atoms with van der Waals surface area (Å²) in [7, 11) is 0. The lowest BCUT2D eigenvalue weighted by Gasteiger charge is -2.30. The monoisotopic (exact) mass is 125 g/mol. The van der Waals surface area contributed by atoms with Gasteiger partial charge in [-0.25, -0.2) is 0 Å². The molecule has 0 aromatic carbocycles. The van der Waals surface area contributed by atoms with Crippen LogP contribution in [0.15, 0.2) is 0 Å². The van der Waals surface area contributed by atoms with Crippen LogP contribution in [0, 0.1) is 17.8 Å². The van der Waals surface area contributed by atoms with Crippen molar-refractivity contribution in [3.05, 3.63) is 5.92 Å². The lowest BCUT2D eigenvalue weighted by atomic mass is 9.75. The molecule has 0 nitrogen and oxygen atoms in total. The SMILES string of the molecule is C[C]1C(C)CCCC1C. The van der Waals surface area contributed by atoms with Crippen molar-refractivity contribution in [3.63, 3.8) is 0 Å². The van der Waals surface area contributed by atoms with Crippen molar-refractivity contribution in [2.75, 3.05) is 0 Å². The van der Waals surface area contributed by atoms with Gasteiger partial charge in [-0.1, -0.05) is 40.0 Å². The zero-order chi connectivity index (χ0) is 6.85. The Morgan fingerprint density at radius 3 is 1.89 bits per heavy atom. The molecule has 0 aliphatic heterocycles. The Morgan fingerprint density at radius 1 is 1.11 bits per heavy atom. The van der Waals surface area contributed by atoms with Gasteiger partial charge in [0.05, 0.1) is 0 Å². The molecule has 53 valence electrons. The summed E-state index contributed by atoms with van der Waals surface area (Å²) in [4.78, 5) is 0. The molecular formula is C9H17. The highest BCUT2D eigenvalue weighted by Crippen LogP contribution is 2.35. The van der Waals surface area contributed by atoms with Gasteiger partial charge in [0.15, 0.2) is 0 Å². The van der Waals surface area contributed by atoms with Crippen LogP contribution >= 0.6 is 0 Å². The highest BCUT2D eigenvalue weighted by atomic mass is 14.3. The molecule has 0 saturated heterocycles. The molecule has 1 aliphatic rings. The molecule has 0 aromatic heterocycles. The Labute approximate surface area is 58.7 Å². The molecule has 0 heterocycles. The summed E-state index contributed by atoms with van der Waals surface area (Å²) < 4.78 is 0. The van der Waals surface area contributed by atoms with Crippen LogP contribution in [0.4, 0.5) is 0 Å². The summed E-state index contributed by atoms with van der Waals surface area (Å²) in [5.41, 5.74) is 0. The second kappa shape index (κ2) is 2.72. The molecule has 2 atom stereocenters. The van der Waals surface area contributed by atoms with Gasteiger partial charge in [0.2, 0.25) is 0 Å². The first-order valence-electron chi connectivity index (χ1n) is 4.05. The quantitative estimate of drug-likeness (QED) is 0.467. The van der Waals surface area contributed by atoms with E-state index in [1.54, 1.807) is 5.92 Å². The van der Waals surface area contributed by atoms with Crippen molar-refractivity contribution in [1.82, 2.24) is 0 Å². The maximum atomic E-state index is 2.35. The van der Waals surface area contributed by atoms with Gasteiger partial charge in [-0.2, -0.15) is 0 Å². The second-order valence-corrected chi connectivity index (χ2v) is 3.48. The summed E-state index contributed by atoms with van der Waals surface area (Å²) in [5.74, 6) is 3.52. The van der Waals surface area contributed by atoms with E-state index in [9.17, 15) is 0 Å². The van der Waals surface area contributed by atoms with Crippen LogP contribution in [0.1, 0.15) is 40.0 Å². The Bertz CT molecular complexity index is 76.0. The Hall–Kier alpha value is 0. The number of hydrogen-bond donors (Lipinski definition) is 0. The molecule has 9 heavy (non-hydrogen) atoms. The maximum absolute atomic E-state index is 2.35.